The van der Waals surface area contributed by atoms with E-state index in [1.165, 1.54) is 22.5 Å². The Balaban J connectivity index is 2.49. The molecule has 0 spiro atoms. The molecule has 0 saturated heterocycles. The van der Waals surface area contributed by atoms with Crippen LogP contribution in [0.15, 0.2) is 22.1 Å². The average Bonchev–Trinajstić information content (AvgIpc) is 2.62. The van der Waals surface area contributed by atoms with Crippen molar-refractivity contribution in [2.45, 2.75) is 20.3 Å². The summed E-state index contributed by atoms with van der Waals surface area (Å²) in [7, 11) is 0. The minimum atomic E-state index is -0.863. The van der Waals surface area contributed by atoms with Gasteiger partial charge in [0.1, 0.15) is 0 Å². The molecule has 0 bridgehead atoms. The van der Waals surface area contributed by atoms with Crippen molar-refractivity contribution in [2.24, 2.45) is 0 Å². The summed E-state index contributed by atoms with van der Waals surface area (Å²) in [5.74, 6) is -0.863. The SMILES string of the molecule is Cc1ccc(-c2sc(Br)nc2CC(=O)O)cc1C. The molecule has 0 saturated carbocycles. The van der Waals surface area contributed by atoms with E-state index in [0.717, 1.165) is 10.4 Å². The highest BCUT2D eigenvalue weighted by molar-refractivity contribution is 9.11. The van der Waals surface area contributed by atoms with Gasteiger partial charge in [-0.3, -0.25) is 4.79 Å². The summed E-state index contributed by atoms with van der Waals surface area (Å²) in [5.41, 5.74) is 4.06. The molecule has 2 aromatic rings. The van der Waals surface area contributed by atoms with E-state index in [9.17, 15) is 4.79 Å². The van der Waals surface area contributed by atoms with Crippen molar-refractivity contribution in [1.82, 2.24) is 4.98 Å². The number of aromatic nitrogens is 1. The lowest BCUT2D eigenvalue weighted by Crippen LogP contribution is -2.01. The minimum Gasteiger partial charge on any atom is -0.481 e. The second kappa shape index (κ2) is 5.20. The maximum Gasteiger partial charge on any atom is 0.309 e. The summed E-state index contributed by atoms with van der Waals surface area (Å²) >= 11 is 4.78. The lowest BCUT2D eigenvalue weighted by Gasteiger charge is -2.04. The van der Waals surface area contributed by atoms with Gasteiger partial charge in [-0.2, -0.15) is 0 Å². The summed E-state index contributed by atoms with van der Waals surface area (Å²) in [5, 5.41) is 8.90. The molecule has 0 unspecified atom stereocenters. The van der Waals surface area contributed by atoms with Gasteiger partial charge in [0, 0.05) is 0 Å². The molecule has 3 nitrogen and oxygen atoms in total. The van der Waals surface area contributed by atoms with E-state index in [4.69, 9.17) is 5.11 Å². The number of rotatable bonds is 3. The molecule has 0 aliphatic heterocycles. The molecule has 1 aromatic carbocycles. The van der Waals surface area contributed by atoms with Gasteiger partial charge in [0.05, 0.1) is 17.0 Å². The van der Waals surface area contributed by atoms with Crippen LogP contribution >= 0.6 is 27.3 Å². The topological polar surface area (TPSA) is 50.2 Å². The fraction of sp³-hybridized carbons (Fsp3) is 0.231. The number of carboxylic acids is 1. The summed E-state index contributed by atoms with van der Waals surface area (Å²) in [6, 6.07) is 6.12. The van der Waals surface area contributed by atoms with E-state index in [1.54, 1.807) is 0 Å². The Hall–Kier alpha value is -1.20. The van der Waals surface area contributed by atoms with Crippen molar-refractivity contribution in [1.29, 1.82) is 0 Å². The van der Waals surface area contributed by atoms with Crippen molar-refractivity contribution in [2.75, 3.05) is 0 Å². The zero-order valence-electron chi connectivity index (χ0n) is 10.0. The Morgan fingerprint density at radius 2 is 2.11 bits per heavy atom. The largest absolute Gasteiger partial charge is 0.481 e. The fourth-order valence-corrected chi connectivity index (χ4v) is 3.20. The first-order chi connectivity index (χ1) is 8.47. The van der Waals surface area contributed by atoms with Crippen LogP contribution in [0.3, 0.4) is 0 Å². The molecule has 0 atom stereocenters. The van der Waals surface area contributed by atoms with Gasteiger partial charge < -0.3 is 5.11 Å². The average molecular weight is 326 g/mol. The quantitative estimate of drug-likeness (QED) is 0.933. The number of aryl methyl sites for hydroxylation is 2. The molecule has 1 heterocycles. The van der Waals surface area contributed by atoms with Gasteiger partial charge in [-0.25, -0.2) is 4.98 Å². The fourth-order valence-electron chi connectivity index (χ4n) is 1.69. The summed E-state index contributed by atoms with van der Waals surface area (Å²) in [6.45, 7) is 4.10. The van der Waals surface area contributed by atoms with Crippen LogP contribution in [0.25, 0.3) is 10.4 Å². The number of thiazole rings is 1. The van der Waals surface area contributed by atoms with Crippen LogP contribution in [-0.4, -0.2) is 16.1 Å². The number of benzene rings is 1. The molecular formula is C13H12BrNO2S. The van der Waals surface area contributed by atoms with Gasteiger partial charge in [0.15, 0.2) is 3.92 Å². The Morgan fingerprint density at radius 3 is 2.72 bits per heavy atom. The Labute approximate surface area is 118 Å². The molecule has 5 heteroatoms. The molecule has 2 rings (SSSR count). The number of halogens is 1. The van der Waals surface area contributed by atoms with E-state index in [2.05, 4.69) is 33.9 Å². The maximum atomic E-state index is 10.8. The lowest BCUT2D eigenvalue weighted by molar-refractivity contribution is -0.136. The lowest BCUT2D eigenvalue weighted by atomic mass is 10.0. The molecule has 0 fully saturated rings. The molecule has 0 aliphatic rings. The van der Waals surface area contributed by atoms with Crippen LogP contribution in [0.5, 0.6) is 0 Å². The minimum absolute atomic E-state index is 0.0512. The monoisotopic (exact) mass is 325 g/mol. The first-order valence-corrected chi connectivity index (χ1v) is 7.03. The Bertz CT molecular complexity index is 607. The second-order valence-electron chi connectivity index (χ2n) is 4.11. The van der Waals surface area contributed by atoms with Crippen molar-refractivity contribution >= 4 is 33.2 Å². The predicted molar refractivity (Wildman–Crippen MR) is 76.1 cm³/mol. The molecule has 0 aliphatic carbocycles. The Morgan fingerprint density at radius 1 is 1.39 bits per heavy atom. The van der Waals surface area contributed by atoms with Crippen molar-refractivity contribution < 1.29 is 9.90 Å². The summed E-state index contributed by atoms with van der Waals surface area (Å²) in [4.78, 5) is 16.0. The third kappa shape index (κ3) is 2.79. The number of carbonyl (C=O) groups is 1. The van der Waals surface area contributed by atoms with Crippen LogP contribution in [0.2, 0.25) is 0 Å². The highest BCUT2D eigenvalue weighted by atomic mass is 79.9. The first kappa shape index (κ1) is 13.2. The molecular weight excluding hydrogens is 314 g/mol. The molecule has 0 amide bonds. The van der Waals surface area contributed by atoms with Crippen molar-refractivity contribution in [3.8, 4) is 10.4 Å². The molecule has 1 aromatic heterocycles. The molecule has 0 radical (unpaired) electrons. The van der Waals surface area contributed by atoms with E-state index < -0.39 is 5.97 Å². The van der Waals surface area contributed by atoms with Crippen LogP contribution in [0, 0.1) is 13.8 Å². The van der Waals surface area contributed by atoms with Gasteiger partial charge in [-0.1, -0.05) is 18.2 Å². The van der Waals surface area contributed by atoms with Gasteiger partial charge >= 0.3 is 5.97 Å². The highest BCUT2D eigenvalue weighted by Crippen LogP contribution is 2.34. The number of aliphatic carboxylic acids is 1. The van der Waals surface area contributed by atoms with E-state index >= 15 is 0 Å². The zero-order chi connectivity index (χ0) is 13.3. The number of hydrogen-bond donors (Lipinski definition) is 1. The van der Waals surface area contributed by atoms with Gasteiger partial charge in [0.25, 0.3) is 0 Å². The predicted octanol–water partition coefficient (Wildman–Crippen LogP) is 3.82. The third-order valence-corrected chi connectivity index (χ3v) is 4.36. The maximum absolute atomic E-state index is 10.8. The number of hydrogen-bond acceptors (Lipinski definition) is 3. The van der Waals surface area contributed by atoms with E-state index in [0.29, 0.717) is 9.61 Å². The van der Waals surface area contributed by atoms with Gasteiger partial charge in [0.2, 0.25) is 0 Å². The third-order valence-electron chi connectivity index (χ3n) is 2.76. The van der Waals surface area contributed by atoms with Gasteiger partial charge in [-0.15, -0.1) is 11.3 Å². The smallest absolute Gasteiger partial charge is 0.309 e. The van der Waals surface area contributed by atoms with Crippen LogP contribution in [0.1, 0.15) is 16.8 Å². The van der Waals surface area contributed by atoms with E-state index in [1.807, 2.05) is 19.1 Å². The molecule has 1 N–H and O–H groups in total. The molecule has 94 valence electrons. The zero-order valence-corrected chi connectivity index (χ0v) is 12.4. The summed E-state index contributed by atoms with van der Waals surface area (Å²) in [6.07, 6.45) is -0.0512. The molecule has 18 heavy (non-hydrogen) atoms. The Kier molecular flexibility index (Phi) is 3.82. The highest BCUT2D eigenvalue weighted by Gasteiger charge is 2.15. The first-order valence-electron chi connectivity index (χ1n) is 5.42. The van der Waals surface area contributed by atoms with Crippen molar-refractivity contribution in [3.05, 3.63) is 38.9 Å². The number of nitrogens with zero attached hydrogens (tertiary/aromatic N) is 1. The van der Waals surface area contributed by atoms with Crippen LogP contribution in [0.4, 0.5) is 0 Å². The standard InChI is InChI=1S/C13H12BrNO2S/c1-7-3-4-9(5-8(7)2)12-10(6-11(16)17)15-13(14)18-12/h3-5H,6H2,1-2H3,(H,16,17). The normalized spacial score (nSPS) is 10.6. The number of carboxylic acid groups (broad SMARTS) is 1. The van der Waals surface area contributed by atoms with Crippen molar-refractivity contribution in [3.63, 3.8) is 0 Å². The second-order valence-corrected chi connectivity index (χ2v) is 6.39. The van der Waals surface area contributed by atoms with Crippen LogP contribution in [-0.2, 0) is 11.2 Å². The van der Waals surface area contributed by atoms with Gasteiger partial charge in [-0.05, 0) is 46.5 Å². The summed E-state index contributed by atoms with van der Waals surface area (Å²) < 4.78 is 0.715. The van der Waals surface area contributed by atoms with Crippen LogP contribution < -0.4 is 0 Å². The van der Waals surface area contributed by atoms with E-state index in [-0.39, 0.29) is 6.42 Å².